The molecule has 162 valence electrons. The topological polar surface area (TPSA) is 55.3 Å². The minimum atomic E-state index is -0.0720. The van der Waals surface area contributed by atoms with E-state index in [1.54, 1.807) is 24.4 Å². The Morgan fingerprint density at radius 3 is 2.58 bits per heavy atom. The quantitative estimate of drug-likeness (QED) is 0.376. The van der Waals surface area contributed by atoms with Crippen LogP contribution in [0.1, 0.15) is 27.6 Å². The van der Waals surface area contributed by atoms with Gasteiger partial charge in [-0.2, -0.15) is 0 Å². The number of thiazole rings is 1. The molecule has 0 saturated carbocycles. The van der Waals surface area contributed by atoms with Crippen molar-refractivity contribution in [2.75, 3.05) is 19.7 Å². The third-order valence-electron chi connectivity index (χ3n) is 5.23. The van der Waals surface area contributed by atoms with Crippen molar-refractivity contribution in [3.05, 3.63) is 72.7 Å². The molecule has 0 bridgehead atoms. The van der Waals surface area contributed by atoms with Gasteiger partial charge in [0.05, 0.1) is 27.9 Å². The number of hydrogen-bond donors (Lipinski definition) is 0. The molecule has 0 unspecified atom stereocenters. The van der Waals surface area contributed by atoms with Crippen LogP contribution in [0.4, 0.5) is 0 Å². The van der Waals surface area contributed by atoms with Crippen molar-refractivity contribution in [1.29, 1.82) is 0 Å². The Labute approximate surface area is 203 Å². The van der Waals surface area contributed by atoms with Gasteiger partial charge in [-0.3, -0.25) is 4.79 Å². The van der Waals surface area contributed by atoms with E-state index in [-0.39, 0.29) is 17.7 Å². The molecule has 1 aromatic carbocycles. The van der Waals surface area contributed by atoms with Gasteiger partial charge in [-0.15, -0.1) is 0 Å². The van der Waals surface area contributed by atoms with Crippen molar-refractivity contribution in [2.45, 2.75) is 12.3 Å². The summed E-state index contributed by atoms with van der Waals surface area (Å²) in [4.78, 5) is 23.5. The molecule has 0 radical (unpaired) electrons. The Kier molecular flexibility index (Phi) is 7.24. The van der Waals surface area contributed by atoms with Crippen LogP contribution in [0.25, 0.3) is 0 Å². The van der Waals surface area contributed by atoms with E-state index in [1.807, 2.05) is 17.0 Å². The molecular weight excluding hydrogens is 500 g/mol. The molecule has 3 aromatic rings. The highest BCUT2D eigenvalue weighted by atomic mass is 35.5. The Morgan fingerprint density at radius 1 is 1.06 bits per heavy atom. The first-order valence-corrected chi connectivity index (χ1v) is 11.8. The Hall–Kier alpha value is -1.57. The lowest BCUT2D eigenvalue weighted by Gasteiger charge is -2.19. The number of halogens is 4. The van der Waals surface area contributed by atoms with Gasteiger partial charge in [0.15, 0.2) is 4.47 Å². The molecule has 31 heavy (non-hydrogen) atoms. The molecule has 1 aliphatic rings. The highest BCUT2D eigenvalue weighted by molar-refractivity contribution is 7.17. The third kappa shape index (κ3) is 5.44. The van der Waals surface area contributed by atoms with E-state index in [2.05, 4.69) is 9.97 Å². The molecule has 0 aliphatic carbocycles. The first-order valence-electron chi connectivity index (χ1n) is 9.50. The summed E-state index contributed by atoms with van der Waals surface area (Å²) in [6.45, 7) is 1.62. The van der Waals surface area contributed by atoms with E-state index in [1.165, 1.54) is 17.5 Å². The summed E-state index contributed by atoms with van der Waals surface area (Å²) in [5, 5.41) is 1.56. The summed E-state index contributed by atoms with van der Waals surface area (Å²) < 4.78 is 6.14. The number of carbonyl (C=O) groups is 1. The Bertz CT molecular complexity index is 1080. The summed E-state index contributed by atoms with van der Waals surface area (Å²) in [6.07, 6.45) is 3.81. The van der Waals surface area contributed by atoms with E-state index in [0.717, 1.165) is 12.0 Å². The Morgan fingerprint density at radius 2 is 1.90 bits per heavy atom. The molecule has 1 fully saturated rings. The number of pyridine rings is 1. The normalized spacial score (nSPS) is 18.4. The molecule has 5 nitrogen and oxygen atoms in total. The summed E-state index contributed by atoms with van der Waals surface area (Å²) in [5.41, 5.74) is 1.04. The second kappa shape index (κ2) is 9.92. The predicted molar refractivity (Wildman–Crippen MR) is 125 cm³/mol. The molecule has 3 heterocycles. The zero-order chi connectivity index (χ0) is 22.0. The van der Waals surface area contributed by atoms with E-state index < -0.39 is 0 Å². The van der Waals surface area contributed by atoms with Gasteiger partial charge in [-0.1, -0.05) is 63.8 Å². The smallest absolute Gasteiger partial charge is 0.265 e. The van der Waals surface area contributed by atoms with Crippen molar-refractivity contribution >= 4 is 63.6 Å². The third-order valence-corrected chi connectivity index (χ3v) is 7.29. The summed E-state index contributed by atoms with van der Waals surface area (Å²) in [5.74, 6) is 0.721. The zero-order valence-electron chi connectivity index (χ0n) is 16.1. The number of ether oxygens (including phenoxy) is 1. The minimum Gasteiger partial charge on any atom is -0.478 e. The minimum absolute atomic E-state index is 0.0720. The van der Waals surface area contributed by atoms with Crippen LogP contribution in [-0.4, -0.2) is 40.5 Å². The molecule has 2 aromatic heterocycles. The number of rotatable bonds is 6. The highest BCUT2D eigenvalue weighted by Gasteiger charge is 2.37. The van der Waals surface area contributed by atoms with Crippen LogP contribution in [0.5, 0.6) is 5.88 Å². The number of carbonyl (C=O) groups excluding carboxylic acids is 1. The van der Waals surface area contributed by atoms with Gasteiger partial charge in [0.2, 0.25) is 5.88 Å². The number of aromatic nitrogens is 2. The van der Waals surface area contributed by atoms with Crippen molar-refractivity contribution in [3.63, 3.8) is 0 Å². The summed E-state index contributed by atoms with van der Waals surface area (Å²) >= 11 is 25.3. The second-order valence-electron chi connectivity index (χ2n) is 7.18. The number of nitrogens with zero attached hydrogens (tertiary/aromatic N) is 3. The fourth-order valence-electron chi connectivity index (χ4n) is 3.72. The van der Waals surface area contributed by atoms with Crippen molar-refractivity contribution in [1.82, 2.24) is 14.9 Å². The van der Waals surface area contributed by atoms with Crippen LogP contribution in [0, 0.1) is 5.92 Å². The van der Waals surface area contributed by atoms with Crippen LogP contribution < -0.4 is 4.74 Å². The molecule has 10 heteroatoms. The van der Waals surface area contributed by atoms with Crippen molar-refractivity contribution < 1.29 is 9.53 Å². The first-order chi connectivity index (χ1) is 14.9. The standard InChI is InChI=1S/C21H17Cl4N3O2S/c22-14-2-4-19(26-8-14)30-6-5-13-10-28(20(29)18-9-27-21(25)31-18)11-15(13)12-1-3-16(23)17(24)7-12/h1-4,7-9,13,15H,5-6,10-11H2/t13-,15-/m1/s1. The van der Waals surface area contributed by atoms with E-state index >= 15 is 0 Å². The largest absolute Gasteiger partial charge is 0.478 e. The maximum atomic E-state index is 13.0. The fourth-order valence-corrected chi connectivity index (χ4v) is 5.05. The monoisotopic (exact) mass is 515 g/mol. The van der Waals surface area contributed by atoms with E-state index in [4.69, 9.17) is 51.1 Å². The number of hydrogen-bond acceptors (Lipinski definition) is 5. The van der Waals surface area contributed by atoms with Crippen LogP contribution in [0.3, 0.4) is 0 Å². The highest BCUT2D eigenvalue weighted by Crippen LogP contribution is 2.38. The van der Waals surface area contributed by atoms with Crippen LogP contribution in [0.2, 0.25) is 19.5 Å². The SMILES string of the molecule is O=C(c1cnc(Cl)s1)N1C[C@@H](CCOc2ccc(Cl)cn2)[C@@H](c2ccc(Cl)c(Cl)c2)C1. The number of likely N-dealkylation sites (tertiary alicyclic amines) is 1. The maximum Gasteiger partial charge on any atom is 0.265 e. The molecule has 4 rings (SSSR count). The molecule has 0 N–H and O–H groups in total. The van der Waals surface area contributed by atoms with Gasteiger partial charge in [-0.25, -0.2) is 9.97 Å². The van der Waals surface area contributed by atoms with E-state index in [0.29, 0.717) is 50.0 Å². The second-order valence-corrected chi connectivity index (χ2v) is 10.0. The fraction of sp³-hybridized carbons (Fsp3) is 0.286. The predicted octanol–water partition coefficient (Wildman–Crippen LogP) is 6.48. The molecule has 1 amide bonds. The van der Waals surface area contributed by atoms with Crippen LogP contribution >= 0.6 is 57.7 Å². The summed E-state index contributed by atoms with van der Waals surface area (Å²) in [7, 11) is 0. The first kappa shape index (κ1) is 22.6. The average molecular weight is 517 g/mol. The van der Waals surface area contributed by atoms with Gasteiger partial charge in [0.25, 0.3) is 5.91 Å². The van der Waals surface area contributed by atoms with Gasteiger partial charge in [-0.05, 0) is 36.1 Å². The molecule has 0 spiro atoms. The Balaban J connectivity index is 1.49. The van der Waals surface area contributed by atoms with Crippen molar-refractivity contribution in [2.24, 2.45) is 5.92 Å². The number of benzene rings is 1. The molecule has 1 aliphatic heterocycles. The molecule has 2 atom stereocenters. The van der Waals surface area contributed by atoms with Gasteiger partial charge in [0, 0.05) is 31.3 Å². The van der Waals surface area contributed by atoms with Crippen LogP contribution in [-0.2, 0) is 0 Å². The molecule has 1 saturated heterocycles. The van der Waals surface area contributed by atoms with Gasteiger partial charge >= 0.3 is 0 Å². The van der Waals surface area contributed by atoms with Gasteiger partial charge in [0.1, 0.15) is 4.88 Å². The average Bonchev–Trinajstić information content (AvgIpc) is 3.38. The summed E-state index contributed by atoms with van der Waals surface area (Å²) in [6, 6.07) is 9.10. The van der Waals surface area contributed by atoms with Crippen molar-refractivity contribution in [3.8, 4) is 5.88 Å². The lowest BCUT2D eigenvalue weighted by Crippen LogP contribution is -2.28. The van der Waals surface area contributed by atoms with Gasteiger partial charge < -0.3 is 9.64 Å². The van der Waals surface area contributed by atoms with Crippen LogP contribution in [0.15, 0.2) is 42.7 Å². The number of amides is 1. The lowest BCUT2D eigenvalue weighted by molar-refractivity contribution is 0.0788. The lowest BCUT2D eigenvalue weighted by atomic mass is 9.87. The zero-order valence-corrected chi connectivity index (χ0v) is 19.9. The maximum absolute atomic E-state index is 13.0. The molecular formula is C21H17Cl4N3O2S. The van der Waals surface area contributed by atoms with E-state index in [9.17, 15) is 4.79 Å².